The van der Waals surface area contributed by atoms with Gasteiger partial charge in [-0.05, 0) is 25.5 Å². The van der Waals surface area contributed by atoms with Crippen LogP contribution in [0.1, 0.15) is 13.3 Å². The zero-order valence-corrected chi connectivity index (χ0v) is 12.1. The van der Waals surface area contributed by atoms with Crippen LogP contribution in [0.3, 0.4) is 0 Å². The van der Waals surface area contributed by atoms with Gasteiger partial charge in [-0.15, -0.1) is 0 Å². The molecule has 0 spiro atoms. The lowest BCUT2D eigenvalue weighted by Gasteiger charge is -2.17. The molecule has 1 atom stereocenters. The lowest BCUT2D eigenvalue weighted by Crippen LogP contribution is -2.35. The summed E-state index contributed by atoms with van der Waals surface area (Å²) in [6.45, 7) is 3.39. The fraction of sp³-hybridized carbons (Fsp3) is 0.429. The van der Waals surface area contributed by atoms with Gasteiger partial charge in [0, 0.05) is 13.1 Å². The minimum Gasteiger partial charge on any atom is -0.389 e. The van der Waals surface area contributed by atoms with Crippen LogP contribution in [0.5, 0.6) is 0 Å². The van der Waals surface area contributed by atoms with Gasteiger partial charge in [0.25, 0.3) is 0 Å². The van der Waals surface area contributed by atoms with Gasteiger partial charge in [-0.2, -0.15) is 0 Å². The van der Waals surface area contributed by atoms with E-state index in [4.69, 9.17) is 0 Å². The number of carbonyl (C=O) groups excluding carboxylic acids is 1. The van der Waals surface area contributed by atoms with Gasteiger partial charge in [-0.1, -0.05) is 23.5 Å². The second-order valence-corrected chi connectivity index (χ2v) is 6.52. The summed E-state index contributed by atoms with van der Waals surface area (Å²) in [6.07, 6.45) is 0.710. The number of carbonyl (C=O) groups is 1. The zero-order valence-electron chi connectivity index (χ0n) is 11.3. The molecule has 0 saturated carbocycles. The number of amides is 1. The third-order valence-corrected chi connectivity index (χ3v) is 4.39. The number of aromatic nitrogens is 1. The molecule has 6 heteroatoms. The second-order valence-electron chi connectivity index (χ2n) is 5.49. The summed E-state index contributed by atoms with van der Waals surface area (Å²) in [5, 5.41) is 13.3. The second kappa shape index (κ2) is 5.12. The normalized spacial score (nSPS) is 23.3. The molecule has 2 N–H and O–H groups in total. The topological polar surface area (TPSA) is 65.5 Å². The van der Waals surface area contributed by atoms with Crippen molar-refractivity contribution in [2.75, 3.05) is 25.0 Å². The summed E-state index contributed by atoms with van der Waals surface area (Å²) >= 11 is 1.47. The largest absolute Gasteiger partial charge is 0.389 e. The first-order valence-electron chi connectivity index (χ1n) is 6.62. The van der Waals surface area contributed by atoms with E-state index >= 15 is 0 Å². The standard InChI is InChI=1S/C14H17N3O2S/c1-14(19)6-7-17(9-14)8-12(18)16-13-15-10-4-2-3-5-11(10)20-13/h2-5,19H,6-9H2,1H3,(H,15,16,18). The van der Waals surface area contributed by atoms with Crippen LogP contribution in [-0.4, -0.2) is 46.1 Å². The Labute approximate surface area is 121 Å². The van der Waals surface area contributed by atoms with Crippen LogP contribution in [0.2, 0.25) is 0 Å². The number of hydrogen-bond donors (Lipinski definition) is 2. The number of rotatable bonds is 3. The van der Waals surface area contributed by atoms with Crippen molar-refractivity contribution < 1.29 is 9.90 Å². The van der Waals surface area contributed by atoms with Crippen LogP contribution in [0.15, 0.2) is 24.3 Å². The van der Waals surface area contributed by atoms with Gasteiger partial charge in [0.1, 0.15) is 0 Å². The lowest BCUT2D eigenvalue weighted by atomic mass is 10.1. The third kappa shape index (κ3) is 2.98. The number of nitrogens with zero attached hydrogens (tertiary/aromatic N) is 2. The van der Waals surface area contributed by atoms with E-state index in [0.717, 1.165) is 16.8 Å². The highest BCUT2D eigenvalue weighted by molar-refractivity contribution is 7.22. The number of nitrogens with one attached hydrogen (secondary N) is 1. The Kier molecular flexibility index (Phi) is 3.45. The summed E-state index contributed by atoms with van der Waals surface area (Å²) in [6, 6.07) is 7.80. The Morgan fingerprint density at radius 3 is 3.05 bits per heavy atom. The van der Waals surface area contributed by atoms with Gasteiger partial charge < -0.3 is 10.4 Å². The summed E-state index contributed by atoms with van der Waals surface area (Å²) < 4.78 is 1.06. The molecule has 1 aromatic heterocycles. The first-order valence-corrected chi connectivity index (χ1v) is 7.44. The molecule has 1 saturated heterocycles. The van der Waals surface area contributed by atoms with Crippen molar-refractivity contribution in [1.29, 1.82) is 0 Å². The van der Waals surface area contributed by atoms with Crippen molar-refractivity contribution in [1.82, 2.24) is 9.88 Å². The van der Waals surface area contributed by atoms with E-state index in [0.29, 0.717) is 24.6 Å². The van der Waals surface area contributed by atoms with Crippen LogP contribution >= 0.6 is 11.3 Å². The van der Waals surface area contributed by atoms with E-state index in [1.54, 1.807) is 6.92 Å². The first-order chi connectivity index (χ1) is 9.52. The van der Waals surface area contributed by atoms with E-state index in [9.17, 15) is 9.90 Å². The maximum Gasteiger partial charge on any atom is 0.240 e. The molecule has 2 aromatic rings. The lowest BCUT2D eigenvalue weighted by molar-refractivity contribution is -0.117. The Morgan fingerprint density at radius 1 is 1.55 bits per heavy atom. The number of thiazole rings is 1. The number of aliphatic hydroxyl groups is 1. The maximum atomic E-state index is 12.0. The minimum absolute atomic E-state index is 0.0817. The number of β-amino-alcohol motifs (C(OH)–C–C–N with tert-alkyl or cyclic N) is 1. The molecule has 1 amide bonds. The van der Waals surface area contributed by atoms with E-state index in [-0.39, 0.29) is 5.91 Å². The molecule has 2 heterocycles. The number of hydrogen-bond acceptors (Lipinski definition) is 5. The highest BCUT2D eigenvalue weighted by Gasteiger charge is 2.32. The average molecular weight is 291 g/mol. The van der Waals surface area contributed by atoms with Crippen molar-refractivity contribution in [3.8, 4) is 0 Å². The van der Waals surface area contributed by atoms with E-state index in [2.05, 4.69) is 10.3 Å². The summed E-state index contributed by atoms with van der Waals surface area (Å²) in [7, 11) is 0. The van der Waals surface area contributed by atoms with Crippen molar-refractivity contribution in [3.05, 3.63) is 24.3 Å². The van der Waals surface area contributed by atoms with E-state index in [1.165, 1.54) is 11.3 Å². The van der Waals surface area contributed by atoms with Crippen LogP contribution in [-0.2, 0) is 4.79 Å². The highest BCUT2D eigenvalue weighted by Crippen LogP contribution is 2.25. The Morgan fingerprint density at radius 2 is 2.35 bits per heavy atom. The smallest absolute Gasteiger partial charge is 0.240 e. The SMILES string of the molecule is CC1(O)CCN(CC(=O)Nc2nc3ccccc3s2)C1. The fourth-order valence-corrected chi connectivity index (χ4v) is 3.34. The summed E-state index contributed by atoms with van der Waals surface area (Å²) in [5.41, 5.74) is 0.229. The third-order valence-electron chi connectivity index (χ3n) is 3.44. The molecule has 5 nitrogen and oxygen atoms in total. The molecule has 1 aliphatic rings. The van der Waals surface area contributed by atoms with Gasteiger partial charge in [0.15, 0.2) is 5.13 Å². The average Bonchev–Trinajstić information content (AvgIpc) is 2.91. The molecule has 1 aliphatic heterocycles. The fourth-order valence-electron chi connectivity index (χ4n) is 2.46. The molecule has 0 radical (unpaired) electrons. The van der Waals surface area contributed by atoms with Gasteiger partial charge >= 0.3 is 0 Å². The molecule has 1 aromatic carbocycles. The Hall–Kier alpha value is -1.50. The number of para-hydroxylation sites is 1. The molecule has 0 aliphatic carbocycles. The van der Waals surface area contributed by atoms with Crippen molar-refractivity contribution in [3.63, 3.8) is 0 Å². The number of likely N-dealkylation sites (tertiary alicyclic amines) is 1. The molecule has 106 valence electrons. The number of anilines is 1. The zero-order chi connectivity index (χ0) is 14.2. The predicted molar refractivity (Wildman–Crippen MR) is 79.9 cm³/mol. The highest BCUT2D eigenvalue weighted by atomic mass is 32.1. The van der Waals surface area contributed by atoms with Crippen molar-refractivity contribution in [2.24, 2.45) is 0 Å². The first kappa shape index (κ1) is 13.5. The summed E-state index contributed by atoms with van der Waals surface area (Å²) in [4.78, 5) is 18.3. The number of fused-ring (bicyclic) bond motifs is 1. The predicted octanol–water partition coefficient (Wildman–Crippen LogP) is 1.69. The van der Waals surface area contributed by atoms with Crippen LogP contribution in [0.4, 0.5) is 5.13 Å². The van der Waals surface area contributed by atoms with Crippen molar-refractivity contribution in [2.45, 2.75) is 18.9 Å². The van der Waals surface area contributed by atoms with Gasteiger partial charge in [0.2, 0.25) is 5.91 Å². The Bertz CT molecular complexity index is 605. The Balaban J connectivity index is 1.61. The molecule has 3 rings (SSSR count). The number of benzene rings is 1. The van der Waals surface area contributed by atoms with Crippen LogP contribution in [0.25, 0.3) is 10.2 Å². The summed E-state index contributed by atoms with van der Waals surface area (Å²) in [5.74, 6) is -0.0817. The molecular formula is C14H17N3O2S. The van der Waals surface area contributed by atoms with Gasteiger partial charge in [-0.3, -0.25) is 9.69 Å². The van der Waals surface area contributed by atoms with Crippen LogP contribution in [0, 0.1) is 0 Å². The molecule has 20 heavy (non-hydrogen) atoms. The van der Waals surface area contributed by atoms with Crippen molar-refractivity contribution >= 4 is 32.6 Å². The molecular weight excluding hydrogens is 274 g/mol. The van der Waals surface area contributed by atoms with Crippen LogP contribution < -0.4 is 5.32 Å². The molecule has 1 fully saturated rings. The van der Waals surface area contributed by atoms with E-state index in [1.807, 2.05) is 29.2 Å². The van der Waals surface area contributed by atoms with Gasteiger partial charge in [-0.25, -0.2) is 4.98 Å². The monoisotopic (exact) mass is 291 g/mol. The van der Waals surface area contributed by atoms with Gasteiger partial charge in [0.05, 0.1) is 22.4 Å². The quantitative estimate of drug-likeness (QED) is 0.903. The molecule has 0 bridgehead atoms. The molecule has 1 unspecified atom stereocenters. The minimum atomic E-state index is -0.670. The maximum absolute atomic E-state index is 12.0. The van der Waals surface area contributed by atoms with E-state index < -0.39 is 5.60 Å².